The minimum absolute atomic E-state index is 0.0564. The van der Waals surface area contributed by atoms with Gasteiger partial charge in [-0.1, -0.05) is 30.7 Å². The molecule has 1 heterocycles. The summed E-state index contributed by atoms with van der Waals surface area (Å²) in [7, 11) is 0. The standard InChI is InChI=1S/C22H27N3O3/c1-3-18-13-25(11-10-24-18)22(27)17-7-5-16(6-8-17)19-12-15(2)4-9-20(19)28-14-21(23)26/h4-9,12,18,24H,3,10-11,13-14H2,1-2H3,(H2,23,26)/t18-/m0/s1. The highest BCUT2D eigenvalue weighted by Crippen LogP contribution is 2.31. The van der Waals surface area contributed by atoms with E-state index in [1.807, 2.05) is 54.3 Å². The molecule has 6 heteroatoms. The number of nitrogens with two attached hydrogens (primary N) is 1. The summed E-state index contributed by atoms with van der Waals surface area (Å²) in [5.41, 5.74) is 8.73. The molecule has 1 aliphatic rings. The van der Waals surface area contributed by atoms with E-state index >= 15 is 0 Å². The summed E-state index contributed by atoms with van der Waals surface area (Å²) in [5, 5.41) is 3.43. The molecule has 1 aliphatic heterocycles. The lowest BCUT2D eigenvalue weighted by Gasteiger charge is -2.33. The average molecular weight is 381 g/mol. The number of benzene rings is 2. The zero-order chi connectivity index (χ0) is 20.1. The second-order valence-electron chi connectivity index (χ2n) is 7.14. The Hall–Kier alpha value is -2.86. The molecule has 3 N–H and O–H groups in total. The first-order valence-corrected chi connectivity index (χ1v) is 9.62. The van der Waals surface area contributed by atoms with Crippen molar-refractivity contribution in [3.63, 3.8) is 0 Å². The Kier molecular flexibility index (Phi) is 6.31. The first kappa shape index (κ1) is 19.9. The largest absolute Gasteiger partial charge is 0.483 e. The van der Waals surface area contributed by atoms with E-state index in [4.69, 9.17) is 10.5 Å². The second kappa shape index (κ2) is 8.89. The van der Waals surface area contributed by atoms with Crippen LogP contribution >= 0.6 is 0 Å². The highest BCUT2D eigenvalue weighted by Gasteiger charge is 2.23. The van der Waals surface area contributed by atoms with Crippen LogP contribution in [0, 0.1) is 6.92 Å². The Morgan fingerprint density at radius 3 is 2.64 bits per heavy atom. The number of ether oxygens (including phenoxy) is 1. The lowest BCUT2D eigenvalue weighted by atomic mass is 10.0. The van der Waals surface area contributed by atoms with Crippen LogP contribution in [0.5, 0.6) is 5.75 Å². The summed E-state index contributed by atoms with van der Waals surface area (Å²) in [4.78, 5) is 25.8. The van der Waals surface area contributed by atoms with Crippen molar-refractivity contribution < 1.29 is 14.3 Å². The van der Waals surface area contributed by atoms with Gasteiger partial charge in [0.05, 0.1) is 0 Å². The van der Waals surface area contributed by atoms with Crippen LogP contribution < -0.4 is 15.8 Å². The topological polar surface area (TPSA) is 84.7 Å². The number of carbonyl (C=O) groups excluding carboxylic acids is 2. The lowest BCUT2D eigenvalue weighted by molar-refractivity contribution is -0.119. The fourth-order valence-electron chi connectivity index (χ4n) is 3.40. The van der Waals surface area contributed by atoms with Crippen LogP contribution in [0.15, 0.2) is 42.5 Å². The van der Waals surface area contributed by atoms with Crippen molar-refractivity contribution in [2.45, 2.75) is 26.3 Å². The maximum atomic E-state index is 12.8. The number of hydrogen-bond donors (Lipinski definition) is 2. The van der Waals surface area contributed by atoms with Crippen molar-refractivity contribution in [1.29, 1.82) is 0 Å². The third-order valence-corrected chi connectivity index (χ3v) is 4.98. The van der Waals surface area contributed by atoms with Gasteiger partial charge >= 0.3 is 0 Å². The van der Waals surface area contributed by atoms with Gasteiger partial charge in [-0.25, -0.2) is 0 Å². The molecule has 28 heavy (non-hydrogen) atoms. The molecule has 1 atom stereocenters. The highest BCUT2D eigenvalue weighted by atomic mass is 16.5. The Balaban J connectivity index is 1.80. The number of hydrogen-bond acceptors (Lipinski definition) is 4. The molecule has 1 fully saturated rings. The van der Waals surface area contributed by atoms with Crippen LogP contribution in [-0.2, 0) is 4.79 Å². The summed E-state index contributed by atoms with van der Waals surface area (Å²) in [6.07, 6.45) is 1.00. The minimum Gasteiger partial charge on any atom is -0.483 e. The molecule has 148 valence electrons. The van der Waals surface area contributed by atoms with Gasteiger partial charge in [0.2, 0.25) is 0 Å². The molecule has 0 saturated carbocycles. The molecule has 2 aromatic carbocycles. The molecule has 0 aliphatic carbocycles. The Bertz CT molecular complexity index is 849. The minimum atomic E-state index is -0.520. The number of piperazine rings is 1. The van der Waals surface area contributed by atoms with E-state index < -0.39 is 5.91 Å². The van der Waals surface area contributed by atoms with E-state index in [1.54, 1.807) is 0 Å². The van der Waals surface area contributed by atoms with Gasteiger partial charge in [0.1, 0.15) is 5.75 Å². The molecule has 0 unspecified atom stereocenters. The molecule has 0 aromatic heterocycles. The van der Waals surface area contributed by atoms with Crippen LogP contribution in [0.4, 0.5) is 0 Å². The molecular weight excluding hydrogens is 354 g/mol. The molecule has 1 saturated heterocycles. The first-order valence-electron chi connectivity index (χ1n) is 9.62. The number of primary amides is 1. The molecule has 0 bridgehead atoms. The molecular formula is C22H27N3O3. The smallest absolute Gasteiger partial charge is 0.255 e. The average Bonchev–Trinajstić information content (AvgIpc) is 2.72. The van der Waals surface area contributed by atoms with Crippen LogP contribution in [-0.4, -0.2) is 49.0 Å². The van der Waals surface area contributed by atoms with Crippen LogP contribution in [0.3, 0.4) is 0 Å². The van der Waals surface area contributed by atoms with E-state index in [9.17, 15) is 9.59 Å². The van der Waals surface area contributed by atoms with Crippen LogP contribution in [0.1, 0.15) is 29.3 Å². The monoisotopic (exact) mass is 381 g/mol. The fourth-order valence-corrected chi connectivity index (χ4v) is 3.40. The van der Waals surface area contributed by atoms with Gasteiger partial charge in [-0.2, -0.15) is 0 Å². The number of carbonyl (C=O) groups is 2. The third-order valence-electron chi connectivity index (χ3n) is 4.98. The summed E-state index contributed by atoms with van der Waals surface area (Å²) < 4.78 is 5.55. The van der Waals surface area contributed by atoms with Crippen molar-refractivity contribution in [2.24, 2.45) is 5.73 Å². The van der Waals surface area contributed by atoms with E-state index in [-0.39, 0.29) is 12.5 Å². The number of nitrogens with one attached hydrogen (secondary N) is 1. The molecule has 0 spiro atoms. The van der Waals surface area contributed by atoms with E-state index in [0.717, 1.165) is 42.7 Å². The predicted molar refractivity (Wildman–Crippen MR) is 109 cm³/mol. The maximum Gasteiger partial charge on any atom is 0.255 e. The molecule has 3 rings (SSSR count). The zero-order valence-corrected chi connectivity index (χ0v) is 16.4. The summed E-state index contributed by atoms with van der Waals surface area (Å²) in [6, 6.07) is 13.6. The van der Waals surface area contributed by atoms with E-state index in [1.165, 1.54) is 0 Å². The fraction of sp³-hybridized carbons (Fsp3) is 0.364. The number of rotatable bonds is 6. The Morgan fingerprint density at radius 2 is 1.96 bits per heavy atom. The second-order valence-corrected chi connectivity index (χ2v) is 7.14. The highest BCUT2D eigenvalue weighted by molar-refractivity contribution is 5.95. The Labute approximate surface area is 165 Å². The normalized spacial score (nSPS) is 16.6. The maximum absolute atomic E-state index is 12.8. The van der Waals surface area contributed by atoms with Gasteiger partial charge in [0.15, 0.2) is 6.61 Å². The van der Waals surface area contributed by atoms with Gasteiger partial charge in [0.25, 0.3) is 11.8 Å². The van der Waals surface area contributed by atoms with Gasteiger partial charge < -0.3 is 20.7 Å². The van der Waals surface area contributed by atoms with Crippen molar-refractivity contribution in [3.05, 3.63) is 53.6 Å². The molecule has 2 aromatic rings. The predicted octanol–water partition coefficient (Wildman–Crippen LogP) is 2.35. The van der Waals surface area contributed by atoms with Crippen molar-refractivity contribution in [1.82, 2.24) is 10.2 Å². The quantitative estimate of drug-likeness (QED) is 0.804. The van der Waals surface area contributed by atoms with E-state index in [2.05, 4.69) is 12.2 Å². The van der Waals surface area contributed by atoms with Gasteiger partial charge in [-0.05, 0) is 43.2 Å². The van der Waals surface area contributed by atoms with Crippen LogP contribution in [0.25, 0.3) is 11.1 Å². The number of aryl methyl sites for hydroxylation is 1. The SMILES string of the molecule is CC[C@H]1CN(C(=O)c2ccc(-c3cc(C)ccc3OCC(N)=O)cc2)CCN1. The molecule has 0 radical (unpaired) electrons. The van der Waals surface area contributed by atoms with Crippen molar-refractivity contribution in [3.8, 4) is 16.9 Å². The molecule has 2 amide bonds. The first-order chi connectivity index (χ1) is 13.5. The zero-order valence-electron chi connectivity index (χ0n) is 16.4. The Morgan fingerprint density at radius 1 is 1.21 bits per heavy atom. The van der Waals surface area contributed by atoms with Gasteiger partial charge in [0, 0.05) is 36.8 Å². The van der Waals surface area contributed by atoms with Crippen LogP contribution in [0.2, 0.25) is 0 Å². The summed E-state index contributed by atoms with van der Waals surface area (Å²) in [6.45, 7) is 6.23. The van der Waals surface area contributed by atoms with Crippen molar-refractivity contribution >= 4 is 11.8 Å². The molecule has 6 nitrogen and oxygen atoms in total. The van der Waals surface area contributed by atoms with Gasteiger partial charge in [-0.15, -0.1) is 0 Å². The van der Waals surface area contributed by atoms with Gasteiger partial charge in [-0.3, -0.25) is 9.59 Å². The summed E-state index contributed by atoms with van der Waals surface area (Å²) >= 11 is 0. The third kappa shape index (κ3) is 4.70. The number of amides is 2. The lowest BCUT2D eigenvalue weighted by Crippen LogP contribution is -2.52. The number of nitrogens with zero attached hydrogens (tertiary/aromatic N) is 1. The van der Waals surface area contributed by atoms with E-state index in [0.29, 0.717) is 17.4 Å². The van der Waals surface area contributed by atoms with Crippen molar-refractivity contribution in [2.75, 3.05) is 26.2 Å². The summed E-state index contributed by atoms with van der Waals surface area (Å²) in [5.74, 6) is 0.131.